The number of likely N-dealkylation sites (tertiary alicyclic amines) is 1. The zero-order valence-electron chi connectivity index (χ0n) is 8.20. The average molecular weight is 190 g/mol. The molecule has 3 rings (SSSR count). The molecule has 3 heteroatoms. The Morgan fingerprint density at radius 3 is 3.14 bits per heavy atom. The molecule has 14 heavy (non-hydrogen) atoms. The lowest BCUT2D eigenvalue weighted by atomic mass is 9.93. The number of para-hydroxylation sites is 1. The summed E-state index contributed by atoms with van der Waals surface area (Å²) in [5.74, 6) is 0. The topological polar surface area (TPSA) is 35.5 Å². The van der Waals surface area contributed by atoms with E-state index in [0.29, 0.717) is 0 Å². The first-order valence-corrected chi connectivity index (χ1v) is 5.00. The Kier molecular flexibility index (Phi) is 1.47. The summed E-state index contributed by atoms with van der Waals surface area (Å²) in [6.07, 6.45) is 0.873. The van der Waals surface area contributed by atoms with E-state index in [0.717, 1.165) is 24.2 Å². The van der Waals surface area contributed by atoms with Crippen molar-refractivity contribution in [3.8, 4) is 0 Å². The first-order chi connectivity index (χ1) is 6.72. The van der Waals surface area contributed by atoms with Gasteiger partial charge >= 0.3 is 0 Å². The van der Waals surface area contributed by atoms with Gasteiger partial charge in [0.1, 0.15) is 11.8 Å². The second kappa shape index (κ2) is 2.49. The van der Waals surface area contributed by atoms with Gasteiger partial charge in [0.25, 0.3) is 0 Å². The van der Waals surface area contributed by atoms with Crippen LogP contribution < -0.4 is 5.32 Å². The largest absolute Gasteiger partial charge is 0.381 e. The summed E-state index contributed by atoms with van der Waals surface area (Å²) in [6, 6.07) is 8.02. The highest BCUT2D eigenvalue weighted by Crippen LogP contribution is 2.45. The molecule has 2 aliphatic heterocycles. The zero-order chi connectivity index (χ0) is 9.76. The first kappa shape index (κ1) is 8.26. The number of nitrogens with zero attached hydrogens (tertiary/aromatic N) is 1. The van der Waals surface area contributed by atoms with Crippen LogP contribution in [0.3, 0.4) is 0 Å². The van der Waals surface area contributed by atoms with Crippen LogP contribution in [0, 0.1) is 0 Å². The van der Waals surface area contributed by atoms with Crippen molar-refractivity contribution in [1.82, 2.24) is 4.90 Å². The van der Waals surface area contributed by atoms with E-state index in [-0.39, 0.29) is 6.17 Å². The number of likely N-dealkylation sites (N-methyl/N-ethyl adjacent to an activating group) is 1. The van der Waals surface area contributed by atoms with Gasteiger partial charge in [0.05, 0.1) is 0 Å². The third-order valence-electron chi connectivity index (χ3n) is 3.42. The Morgan fingerprint density at radius 1 is 1.50 bits per heavy atom. The van der Waals surface area contributed by atoms with E-state index in [1.807, 2.05) is 31.3 Å². The van der Waals surface area contributed by atoms with Crippen LogP contribution in [-0.4, -0.2) is 29.8 Å². The molecule has 0 amide bonds. The predicted molar refractivity (Wildman–Crippen MR) is 55.0 cm³/mol. The molecule has 2 N–H and O–H groups in total. The summed E-state index contributed by atoms with van der Waals surface area (Å²) in [5, 5.41) is 13.9. The smallest absolute Gasteiger partial charge is 0.126 e. The molecule has 2 aliphatic rings. The molecule has 2 heterocycles. The fourth-order valence-electron chi connectivity index (χ4n) is 2.62. The van der Waals surface area contributed by atoms with Crippen molar-refractivity contribution in [2.75, 3.05) is 18.9 Å². The van der Waals surface area contributed by atoms with Gasteiger partial charge in [-0.15, -0.1) is 0 Å². The summed E-state index contributed by atoms with van der Waals surface area (Å²) < 4.78 is 0. The number of hydrogen-bond donors (Lipinski definition) is 2. The van der Waals surface area contributed by atoms with Crippen molar-refractivity contribution < 1.29 is 5.11 Å². The monoisotopic (exact) mass is 190 g/mol. The van der Waals surface area contributed by atoms with Gasteiger partial charge in [-0.25, -0.2) is 0 Å². The van der Waals surface area contributed by atoms with Gasteiger partial charge in [0.15, 0.2) is 0 Å². The molecule has 1 fully saturated rings. The Balaban J connectivity index is 2.14. The lowest BCUT2D eigenvalue weighted by Crippen LogP contribution is -2.41. The van der Waals surface area contributed by atoms with Gasteiger partial charge in [0.2, 0.25) is 0 Å². The van der Waals surface area contributed by atoms with Gasteiger partial charge in [-0.05, 0) is 19.5 Å². The number of rotatable bonds is 0. The summed E-state index contributed by atoms with van der Waals surface area (Å²) in [7, 11) is 2.04. The molecule has 0 radical (unpaired) electrons. The maximum absolute atomic E-state index is 10.5. The standard InChI is InChI=1S/C11H14N2O/c1-13-7-6-11(14)8-4-2-3-5-9(8)12-10(11)13/h2-5,10,12,14H,6-7H2,1H3/t10-,11+/m0/s1. The van der Waals surface area contributed by atoms with Crippen LogP contribution in [0.2, 0.25) is 0 Å². The fourth-order valence-corrected chi connectivity index (χ4v) is 2.62. The SMILES string of the molecule is CN1CC[C@@]2(O)c3ccccc3N[C@@H]12. The second-order valence-electron chi connectivity index (χ2n) is 4.25. The van der Waals surface area contributed by atoms with Crippen LogP contribution in [0.15, 0.2) is 24.3 Å². The molecule has 0 unspecified atom stereocenters. The lowest BCUT2D eigenvalue weighted by Gasteiger charge is -2.25. The number of anilines is 1. The Bertz CT molecular complexity index is 379. The molecule has 0 bridgehead atoms. The third kappa shape index (κ3) is 0.837. The lowest BCUT2D eigenvalue weighted by molar-refractivity contribution is 0.0241. The molecule has 0 spiro atoms. The van der Waals surface area contributed by atoms with Crippen LogP contribution in [0.5, 0.6) is 0 Å². The Labute approximate surface area is 83.3 Å². The molecule has 1 aromatic carbocycles. The van der Waals surface area contributed by atoms with Crippen molar-refractivity contribution >= 4 is 5.69 Å². The van der Waals surface area contributed by atoms with E-state index >= 15 is 0 Å². The average Bonchev–Trinajstić information content (AvgIpc) is 2.64. The van der Waals surface area contributed by atoms with Gasteiger partial charge in [-0.2, -0.15) is 0 Å². The van der Waals surface area contributed by atoms with E-state index in [1.165, 1.54) is 0 Å². The number of benzene rings is 1. The molecule has 1 saturated heterocycles. The number of fused-ring (bicyclic) bond motifs is 3. The van der Waals surface area contributed by atoms with Crippen LogP contribution >= 0.6 is 0 Å². The van der Waals surface area contributed by atoms with E-state index in [9.17, 15) is 5.11 Å². The molecule has 0 aromatic heterocycles. The van der Waals surface area contributed by atoms with Crippen molar-refractivity contribution in [2.24, 2.45) is 0 Å². The molecule has 2 atom stereocenters. The van der Waals surface area contributed by atoms with Crippen LogP contribution in [0.1, 0.15) is 12.0 Å². The number of hydrogen-bond acceptors (Lipinski definition) is 3. The second-order valence-corrected chi connectivity index (χ2v) is 4.25. The summed E-state index contributed by atoms with van der Waals surface area (Å²) in [5.41, 5.74) is 1.45. The fraction of sp³-hybridized carbons (Fsp3) is 0.455. The van der Waals surface area contributed by atoms with Crippen molar-refractivity contribution in [2.45, 2.75) is 18.2 Å². The number of aliphatic hydroxyl groups is 1. The summed E-state index contributed by atoms with van der Waals surface area (Å²) in [4.78, 5) is 2.17. The summed E-state index contributed by atoms with van der Waals surface area (Å²) in [6.45, 7) is 0.947. The number of nitrogens with one attached hydrogen (secondary N) is 1. The van der Waals surface area contributed by atoms with Crippen LogP contribution in [0.4, 0.5) is 5.69 Å². The van der Waals surface area contributed by atoms with E-state index in [4.69, 9.17) is 0 Å². The summed E-state index contributed by atoms with van der Waals surface area (Å²) >= 11 is 0. The molecule has 1 aromatic rings. The van der Waals surface area contributed by atoms with Gasteiger partial charge in [-0.1, -0.05) is 18.2 Å². The maximum atomic E-state index is 10.5. The van der Waals surface area contributed by atoms with E-state index in [1.54, 1.807) is 0 Å². The predicted octanol–water partition coefficient (Wildman–Crippen LogP) is 0.961. The maximum Gasteiger partial charge on any atom is 0.126 e. The normalized spacial score (nSPS) is 35.1. The van der Waals surface area contributed by atoms with E-state index in [2.05, 4.69) is 10.2 Å². The Morgan fingerprint density at radius 2 is 2.29 bits per heavy atom. The molecule has 0 saturated carbocycles. The highest BCUT2D eigenvalue weighted by molar-refractivity contribution is 5.61. The van der Waals surface area contributed by atoms with Gasteiger partial charge in [0, 0.05) is 17.8 Å². The first-order valence-electron chi connectivity index (χ1n) is 5.00. The van der Waals surface area contributed by atoms with Gasteiger partial charge < -0.3 is 10.4 Å². The molecular weight excluding hydrogens is 176 g/mol. The van der Waals surface area contributed by atoms with Crippen LogP contribution in [0.25, 0.3) is 0 Å². The molecular formula is C11H14N2O. The van der Waals surface area contributed by atoms with E-state index < -0.39 is 5.60 Å². The quantitative estimate of drug-likeness (QED) is 0.639. The van der Waals surface area contributed by atoms with Crippen molar-refractivity contribution in [3.63, 3.8) is 0 Å². The molecule has 74 valence electrons. The molecule has 3 nitrogen and oxygen atoms in total. The third-order valence-corrected chi connectivity index (χ3v) is 3.42. The highest BCUT2D eigenvalue weighted by atomic mass is 16.3. The zero-order valence-corrected chi connectivity index (χ0v) is 8.20. The van der Waals surface area contributed by atoms with Gasteiger partial charge in [-0.3, -0.25) is 4.90 Å². The van der Waals surface area contributed by atoms with Crippen molar-refractivity contribution in [1.29, 1.82) is 0 Å². The highest BCUT2D eigenvalue weighted by Gasteiger charge is 2.51. The minimum atomic E-state index is -0.675. The minimum absolute atomic E-state index is 0.0555. The van der Waals surface area contributed by atoms with Crippen LogP contribution in [-0.2, 0) is 5.60 Å². The Hall–Kier alpha value is -1.06. The molecule has 0 aliphatic carbocycles. The minimum Gasteiger partial charge on any atom is -0.381 e. The van der Waals surface area contributed by atoms with Crippen molar-refractivity contribution in [3.05, 3.63) is 29.8 Å².